The van der Waals surface area contributed by atoms with Crippen molar-refractivity contribution in [2.75, 3.05) is 13.2 Å². The lowest BCUT2D eigenvalue weighted by Crippen LogP contribution is -2.20. The van der Waals surface area contributed by atoms with Crippen LogP contribution in [0.5, 0.6) is 5.75 Å². The van der Waals surface area contributed by atoms with Gasteiger partial charge in [-0.2, -0.15) is 0 Å². The van der Waals surface area contributed by atoms with Crippen molar-refractivity contribution < 1.29 is 19.0 Å². The molecule has 0 saturated carbocycles. The quantitative estimate of drug-likeness (QED) is 0.182. The number of carbonyl (C=O) groups is 1. The fraction of sp³-hybridized carbons (Fsp3) is 0.357. The molecule has 7 heteroatoms. The van der Waals surface area contributed by atoms with Crippen molar-refractivity contribution in [3.63, 3.8) is 0 Å². The first kappa shape index (κ1) is 18.7. The molecule has 0 aliphatic rings. The third-order valence-corrected chi connectivity index (χ3v) is 5.65. The minimum Gasteiger partial charge on any atom is -0.464 e. The second-order valence-corrected chi connectivity index (χ2v) is 6.59. The summed E-state index contributed by atoms with van der Waals surface area (Å²) in [7, 11) is 0. The van der Waals surface area contributed by atoms with Gasteiger partial charge in [0.05, 0.1) is 11.1 Å². The molecule has 1 aromatic carbocycles. The van der Waals surface area contributed by atoms with Gasteiger partial charge in [-0.3, -0.25) is 0 Å². The zero-order valence-electron chi connectivity index (χ0n) is 11.6. The summed E-state index contributed by atoms with van der Waals surface area (Å²) in [4.78, 5) is 11.2. The summed E-state index contributed by atoms with van der Waals surface area (Å²) in [5, 5.41) is 0. The molecule has 1 atom stereocenters. The number of benzene rings is 1. The molecule has 0 aliphatic carbocycles. The van der Waals surface area contributed by atoms with Crippen LogP contribution in [-0.4, -0.2) is 25.5 Å². The molecule has 0 aliphatic heterocycles. The maximum atomic E-state index is 11.2. The zero-order valence-corrected chi connectivity index (χ0v) is 16.4. The molecule has 0 fully saturated rings. The molecule has 21 heavy (non-hydrogen) atoms. The molecule has 1 rings (SSSR count). The van der Waals surface area contributed by atoms with Gasteiger partial charge in [0.2, 0.25) is 0 Å². The van der Waals surface area contributed by atoms with Gasteiger partial charge in [-0.05, 0) is 73.8 Å². The van der Waals surface area contributed by atoms with E-state index in [4.69, 9.17) is 14.2 Å². The van der Waals surface area contributed by atoms with Crippen LogP contribution in [0.25, 0.3) is 0 Å². The molecule has 0 radical (unpaired) electrons. The van der Waals surface area contributed by atoms with Crippen molar-refractivity contribution in [3.8, 4) is 5.75 Å². The molecular weight excluding hydrogens is 472 g/mol. The summed E-state index contributed by atoms with van der Waals surface area (Å²) in [6.45, 7) is 7.26. The van der Waals surface area contributed by atoms with Crippen molar-refractivity contribution in [1.29, 1.82) is 0 Å². The second kappa shape index (κ2) is 8.92. The smallest absolute Gasteiger partial charge is 0.333 e. The van der Waals surface area contributed by atoms with Gasteiger partial charge in [0.1, 0.15) is 12.4 Å². The molecule has 0 aromatic heterocycles. The van der Waals surface area contributed by atoms with Gasteiger partial charge in [-0.1, -0.05) is 6.58 Å². The molecule has 0 heterocycles. The number of rotatable bonds is 7. The van der Waals surface area contributed by atoms with Gasteiger partial charge >= 0.3 is 5.97 Å². The molecule has 0 bridgehead atoms. The number of hydrogen-bond acceptors (Lipinski definition) is 4. The normalized spacial score (nSPS) is 11.9. The van der Waals surface area contributed by atoms with E-state index >= 15 is 0 Å². The minimum atomic E-state index is -0.474. The second-order valence-electron chi connectivity index (χ2n) is 4.15. The van der Waals surface area contributed by atoms with E-state index < -0.39 is 12.3 Å². The van der Waals surface area contributed by atoms with E-state index in [1.165, 1.54) is 0 Å². The fourth-order valence-electron chi connectivity index (χ4n) is 1.28. The first-order valence-electron chi connectivity index (χ1n) is 6.07. The van der Waals surface area contributed by atoms with Gasteiger partial charge < -0.3 is 14.2 Å². The Bertz CT molecular complexity index is 531. The highest BCUT2D eigenvalue weighted by Gasteiger charge is 2.12. The van der Waals surface area contributed by atoms with Crippen molar-refractivity contribution in [2.24, 2.45) is 0 Å². The Kier molecular flexibility index (Phi) is 7.94. The molecule has 0 amide bonds. The summed E-state index contributed by atoms with van der Waals surface area (Å²) in [5.74, 6) is 0.225. The van der Waals surface area contributed by atoms with E-state index in [2.05, 4.69) is 54.4 Å². The van der Waals surface area contributed by atoms with E-state index in [-0.39, 0.29) is 13.2 Å². The largest absolute Gasteiger partial charge is 0.464 e. The number of halogens is 3. The zero-order chi connectivity index (χ0) is 16.0. The SMILES string of the molecule is C=C(C)C(=O)OCCOC(C)Oc1ccc(Br)c(Br)c1Br. The van der Waals surface area contributed by atoms with Gasteiger partial charge in [0.25, 0.3) is 0 Å². The van der Waals surface area contributed by atoms with Crippen LogP contribution in [0.3, 0.4) is 0 Å². The monoisotopic (exact) mass is 484 g/mol. The first-order valence-corrected chi connectivity index (χ1v) is 8.45. The van der Waals surface area contributed by atoms with Crippen LogP contribution in [0.2, 0.25) is 0 Å². The van der Waals surface area contributed by atoms with Crippen LogP contribution < -0.4 is 4.74 Å². The Morgan fingerprint density at radius 3 is 2.52 bits per heavy atom. The van der Waals surface area contributed by atoms with E-state index in [0.717, 1.165) is 13.4 Å². The van der Waals surface area contributed by atoms with Crippen molar-refractivity contribution in [3.05, 3.63) is 37.7 Å². The van der Waals surface area contributed by atoms with E-state index in [1.807, 2.05) is 12.1 Å². The third-order valence-electron chi connectivity index (χ3n) is 2.31. The van der Waals surface area contributed by atoms with Crippen molar-refractivity contribution in [1.82, 2.24) is 0 Å². The molecular formula is C14H15Br3O4. The molecule has 0 spiro atoms. The van der Waals surface area contributed by atoms with Crippen LogP contribution in [-0.2, 0) is 14.3 Å². The lowest BCUT2D eigenvalue weighted by molar-refractivity contribution is -0.143. The Hall–Kier alpha value is -0.370. The Morgan fingerprint density at radius 2 is 1.90 bits per heavy atom. The standard InChI is InChI=1S/C14H15Br3O4/c1-8(2)14(18)20-7-6-19-9(3)21-11-5-4-10(15)12(16)13(11)17/h4-5,9H,1,6-7H2,2-3H3. The lowest BCUT2D eigenvalue weighted by atomic mass is 10.3. The molecule has 0 saturated heterocycles. The Morgan fingerprint density at radius 1 is 1.24 bits per heavy atom. The highest BCUT2D eigenvalue weighted by molar-refractivity contribution is 9.14. The molecule has 0 N–H and O–H groups in total. The van der Waals surface area contributed by atoms with Crippen LogP contribution in [0.15, 0.2) is 37.7 Å². The van der Waals surface area contributed by atoms with Crippen LogP contribution >= 0.6 is 47.8 Å². The van der Waals surface area contributed by atoms with Gasteiger partial charge in [0.15, 0.2) is 6.29 Å². The average Bonchev–Trinajstić information content (AvgIpc) is 2.44. The van der Waals surface area contributed by atoms with Gasteiger partial charge in [-0.25, -0.2) is 4.79 Å². The van der Waals surface area contributed by atoms with E-state index in [9.17, 15) is 4.79 Å². The van der Waals surface area contributed by atoms with Gasteiger partial charge in [0, 0.05) is 14.5 Å². The molecule has 1 unspecified atom stereocenters. The maximum Gasteiger partial charge on any atom is 0.333 e. The summed E-state index contributed by atoms with van der Waals surface area (Å²) >= 11 is 10.3. The molecule has 4 nitrogen and oxygen atoms in total. The molecule has 1 aromatic rings. The number of hydrogen-bond donors (Lipinski definition) is 0. The highest BCUT2D eigenvalue weighted by atomic mass is 79.9. The Labute approximate surface area is 149 Å². The fourth-order valence-corrected chi connectivity index (χ4v) is 2.65. The average molecular weight is 487 g/mol. The number of carbonyl (C=O) groups excluding carboxylic acids is 1. The van der Waals surface area contributed by atoms with E-state index in [1.54, 1.807) is 13.8 Å². The predicted molar refractivity (Wildman–Crippen MR) is 91.4 cm³/mol. The summed E-state index contributed by atoms with van der Waals surface area (Å²) < 4.78 is 18.6. The summed E-state index contributed by atoms with van der Waals surface area (Å²) in [5.41, 5.74) is 0.364. The van der Waals surface area contributed by atoms with Crippen LogP contribution in [0.4, 0.5) is 0 Å². The Balaban J connectivity index is 2.41. The molecule has 116 valence electrons. The van der Waals surface area contributed by atoms with Crippen molar-refractivity contribution >= 4 is 53.8 Å². The van der Waals surface area contributed by atoms with Crippen LogP contribution in [0, 0.1) is 0 Å². The number of ether oxygens (including phenoxy) is 3. The predicted octanol–water partition coefficient (Wildman–Crippen LogP) is 4.83. The first-order chi connectivity index (χ1) is 9.82. The lowest BCUT2D eigenvalue weighted by Gasteiger charge is -2.17. The van der Waals surface area contributed by atoms with E-state index in [0.29, 0.717) is 11.3 Å². The van der Waals surface area contributed by atoms with Gasteiger partial charge in [-0.15, -0.1) is 0 Å². The highest BCUT2D eigenvalue weighted by Crippen LogP contribution is 2.38. The third kappa shape index (κ3) is 6.10. The summed E-state index contributed by atoms with van der Waals surface area (Å²) in [6, 6.07) is 3.69. The minimum absolute atomic E-state index is 0.157. The topological polar surface area (TPSA) is 44.8 Å². The summed E-state index contributed by atoms with van der Waals surface area (Å²) in [6.07, 6.45) is -0.474. The maximum absolute atomic E-state index is 11.2. The van der Waals surface area contributed by atoms with Crippen molar-refractivity contribution in [2.45, 2.75) is 20.1 Å². The number of esters is 1. The van der Waals surface area contributed by atoms with Crippen LogP contribution in [0.1, 0.15) is 13.8 Å².